The number of hydrogen-bond donors (Lipinski definition) is 1. The molecule has 5 heteroatoms. The normalized spacial score (nSPS) is 19.1. The number of benzene rings is 1. The summed E-state index contributed by atoms with van der Waals surface area (Å²) in [6.07, 6.45) is 3.19. The maximum absolute atomic E-state index is 10.7. The van der Waals surface area contributed by atoms with Crippen molar-refractivity contribution in [3.8, 4) is 6.07 Å². The van der Waals surface area contributed by atoms with Gasteiger partial charge in [0, 0.05) is 24.5 Å². The highest BCUT2D eigenvalue weighted by molar-refractivity contribution is 6.31. The maximum Gasteiger partial charge on any atom is 0.303 e. The highest BCUT2D eigenvalue weighted by Gasteiger charge is 2.21. The molecule has 0 bridgehead atoms. The molecule has 0 aliphatic carbocycles. The van der Waals surface area contributed by atoms with Crippen molar-refractivity contribution in [3.05, 3.63) is 34.3 Å². The standard InChI is InChI=1S/C16H19ClN2O2/c17-15-8-13(9-18)3-5-14(15)11-19-7-1-2-12(10-19)4-6-16(20)21/h3,5,8,12H,1-2,4,6-7,10-11H2,(H,20,21). The number of aliphatic carboxylic acids is 1. The van der Waals surface area contributed by atoms with Crippen molar-refractivity contribution in [2.45, 2.75) is 32.2 Å². The average molecular weight is 307 g/mol. The number of likely N-dealkylation sites (tertiary alicyclic amines) is 1. The van der Waals surface area contributed by atoms with Crippen LogP contribution in [0.1, 0.15) is 36.8 Å². The molecule has 1 aromatic rings. The number of nitriles is 1. The minimum absolute atomic E-state index is 0.246. The van der Waals surface area contributed by atoms with Crippen LogP contribution in [0.4, 0.5) is 0 Å². The Balaban J connectivity index is 1.93. The lowest BCUT2D eigenvalue weighted by Gasteiger charge is -2.32. The van der Waals surface area contributed by atoms with Crippen molar-refractivity contribution in [3.63, 3.8) is 0 Å². The molecule has 1 heterocycles. The first-order chi connectivity index (χ1) is 10.1. The Kier molecular flexibility index (Phi) is 5.60. The lowest BCUT2D eigenvalue weighted by Crippen LogP contribution is -2.35. The zero-order valence-corrected chi connectivity index (χ0v) is 12.6. The SMILES string of the molecule is N#Cc1ccc(CN2CCCC(CCC(=O)O)C2)c(Cl)c1. The number of carboxylic acid groups (broad SMARTS) is 1. The van der Waals surface area contributed by atoms with Crippen LogP contribution in [0.25, 0.3) is 0 Å². The number of halogens is 1. The molecule has 4 nitrogen and oxygen atoms in total. The number of piperidine rings is 1. The van der Waals surface area contributed by atoms with Crippen LogP contribution in [0, 0.1) is 17.2 Å². The van der Waals surface area contributed by atoms with Crippen LogP contribution < -0.4 is 0 Å². The summed E-state index contributed by atoms with van der Waals surface area (Å²) in [5, 5.41) is 18.2. The van der Waals surface area contributed by atoms with E-state index >= 15 is 0 Å². The molecule has 1 aliphatic rings. The molecule has 2 rings (SSSR count). The van der Waals surface area contributed by atoms with Crippen LogP contribution in [-0.4, -0.2) is 29.1 Å². The second-order valence-electron chi connectivity index (χ2n) is 5.59. The third-order valence-electron chi connectivity index (χ3n) is 3.95. The monoisotopic (exact) mass is 306 g/mol. The molecule has 1 unspecified atom stereocenters. The van der Waals surface area contributed by atoms with E-state index in [1.165, 1.54) is 0 Å². The van der Waals surface area contributed by atoms with Crippen molar-refractivity contribution in [2.75, 3.05) is 13.1 Å². The molecule has 0 radical (unpaired) electrons. The van der Waals surface area contributed by atoms with Crippen molar-refractivity contribution in [1.82, 2.24) is 4.90 Å². The molecule has 1 atom stereocenters. The summed E-state index contributed by atoms with van der Waals surface area (Å²) in [6.45, 7) is 2.69. The summed E-state index contributed by atoms with van der Waals surface area (Å²) >= 11 is 6.21. The van der Waals surface area contributed by atoms with Crippen molar-refractivity contribution >= 4 is 17.6 Å². The van der Waals surface area contributed by atoms with Crippen LogP contribution in [0.2, 0.25) is 5.02 Å². The van der Waals surface area contributed by atoms with Gasteiger partial charge in [0.15, 0.2) is 0 Å². The predicted molar refractivity (Wildman–Crippen MR) is 81.0 cm³/mol. The topological polar surface area (TPSA) is 64.3 Å². The van der Waals surface area contributed by atoms with Gasteiger partial charge >= 0.3 is 5.97 Å². The largest absolute Gasteiger partial charge is 0.481 e. The molecule has 1 aromatic carbocycles. The van der Waals surface area contributed by atoms with Crippen LogP contribution in [-0.2, 0) is 11.3 Å². The van der Waals surface area contributed by atoms with Gasteiger partial charge in [-0.25, -0.2) is 0 Å². The number of nitrogens with zero attached hydrogens (tertiary/aromatic N) is 2. The van der Waals surface area contributed by atoms with Crippen molar-refractivity contribution in [1.29, 1.82) is 5.26 Å². The molecule has 21 heavy (non-hydrogen) atoms. The van der Waals surface area contributed by atoms with E-state index in [4.69, 9.17) is 22.0 Å². The highest BCUT2D eigenvalue weighted by Crippen LogP contribution is 2.25. The summed E-state index contributed by atoms with van der Waals surface area (Å²) in [4.78, 5) is 13.0. The molecule has 1 saturated heterocycles. The Morgan fingerprint density at radius 2 is 2.33 bits per heavy atom. The zero-order chi connectivity index (χ0) is 15.2. The van der Waals surface area contributed by atoms with Gasteiger partial charge in [-0.15, -0.1) is 0 Å². The van der Waals surface area contributed by atoms with E-state index in [-0.39, 0.29) is 6.42 Å². The van der Waals surface area contributed by atoms with Crippen LogP contribution in [0.3, 0.4) is 0 Å². The van der Waals surface area contributed by atoms with Crippen molar-refractivity contribution in [2.24, 2.45) is 5.92 Å². The van der Waals surface area contributed by atoms with Crippen LogP contribution in [0.5, 0.6) is 0 Å². The fourth-order valence-corrected chi connectivity index (χ4v) is 3.08. The quantitative estimate of drug-likeness (QED) is 0.906. The predicted octanol–water partition coefficient (Wildman–Crippen LogP) is 3.29. The van der Waals surface area contributed by atoms with Crippen molar-refractivity contribution < 1.29 is 9.90 Å². The van der Waals surface area contributed by atoms with Gasteiger partial charge < -0.3 is 5.11 Å². The highest BCUT2D eigenvalue weighted by atomic mass is 35.5. The summed E-state index contributed by atoms with van der Waals surface area (Å²) in [7, 11) is 0. The van der Waals surface area contributed by atoms with E-state index in [2.05, 4.69) is 11.0 Å². The number of carbonyl (C=O) groups is 1. The summed E-state index contributed by atoms with van der Waals surface area (Å²) in [5.41, 5.74) is 1.59. The minimum atomic E-state index is -0.720. The Bertz CT molecular complexity index is 554. The van der Waals surface area contributed by atoms with E-state index in [9.17, 15) is 4.79 Å². The van der Waals surface area contributed by atoms with E-state index in [0.717, 1.165) is 44.5 Å². The minimum Gasteiger partial charge on any atom is -0.481 e. The molecule has 1 N–H and O–H groups in total. The van der Waals surface area contributed by atoms with Gasteiger partial charge in [-0.05, 0) is 49.4 Å². The summed E-state index contributed by atoms with van der Waals surface area (Å²) in [5.74, 6) is -0.269. The van der Waals surface area contributed by atoms with Gasteiger partial charge in [0.05, 0.1) is 11.6 Å². The molecule has 0 amide bonds. The van der Waals surface area contributed by atoms with Crippen LogP contribution in [0.15, 0.2) is 18.2 Å². The molecular formula is C16H19ClN2O2. The lowest BCUT2D eigenvalue weighted by atomic mass is 9.93. The third-order valence-corrected chi connectivity index (χ3v) is 4.30. The first kappa shape index (κ1) is 15.8. The second-order valence-corrected chi connectivity index (χ2v) is 6.00. The lowest BCUT2D eigenvalue weighted by molar-refractivity contribution is -0.137. The number of carboxylic acids is 1. The third kappa shape index (κ3) is 4.73. The zero-order valence-electron chi connectivity index (χ0n) is 11.9. The fourth-order valence-electron chi connectivity index (χ4n) is 2.84. The van der Waals surface area contributed by atoms with E-state index in [1.807, 2.05) is 6.07 Å². The average Bonchev–Trinajstić information content (AvgIpc) is 2.47. The van der Waals surface area contributed by atoms with Gasteiger partial charge in [-0.1, -0.05) is 17.7 Å². The maximum atomic E-state index is 10.7. The first-order valence-electron chi connectivity index (χ1n) is 7.21. The van der Waals surface area contributed by atoms with Gasteiger partial charge in [0.2, 0.25) is 0 Å². The van der Waals surface area contributed by atoms with E-state index in [1.54, 1.807) is 12.1 Å². The van der Waals surface area contributed by atoms with E-state index < -0.39 is 5.97 Å². The Morgan fingerprint density at radius 3 is 3.00 bits per heavy atom. The van der Waals surface area contributed by atoms with Gasteiger partial charge in [0.25, 0.3) is 0 Å². The second kappa shape index (κ2) is 7.44. The fraction of sp³-hybridized carbons (Fsp3) is 0.500. The van der Waals surface area contributed by atoms with Crippen LogP contribution >= 0.6 is 11.6 Å². The molecule has 0 spiro atoms. The van der Waals surface area contributed by atoms with Gasteiger partial charge in [0.1, 0.15) is 0 Å². The smallest absolute Gasteiger partial charge is 0.303 e. The molecule has 1 fully saturated rings. The summed E-state index contributed by atoms with van der Waals surface area (Å²) in [6, 6.07) is 7.47. The number of hydrogen-bond acceptors (Lipinski definition) is 3. The van der Waals surface area contributed by atoms with Gasteiger partial charge in [-0.2, -0.15) is 5.26 Å². The molecule has 1 aliphatic heterocycles. The Hall–Kier alpha value is -1.57. The number of rotatable bonds is 5. The molecule has 0 aromatic heterocycles. The Morgan fingerprint density at radius 1 is 1.52 bits per heavy atom. The molecular weight excluding hydrogens is 288 g/mol. The Labute approximate surface area is 129 Å². The summed E-state index contributed by atoms with van der Waals surface area (Å²) < 4.78 is 0. The first-order valence-corrected chi connectivity index (χ1v) is 7.59. The molecule has 0 saturated carbocycles. The van der Waals surface area contributed by atoms with E-state index in [0.29, 0.717) is 16.5 Å². The van der Waals surface area contributed by atoms with Gasteiger partial charge in [-0.3, -0.25) is 9.69 Å². The molecule has 112 valence electrons.